The van der Waals surface area contributed by atoms with E-state index in [4.69, 9.17) is 18.7 Å². The van der Waals surface area contributed by atoms with E-state index < -0.39 is 60.4 Å². The highest BCUT2D eigenvalue weighted by Gasteiger charge is 2.21. The molecule has 0 atom stereocenters. The number of fused-ring (bicyclic) bond motifs is 5. The predicted octanol–water partition coefficient (Wildman–Crippen LogP) is 8.63. The number of aromatic nitrogens is 2. The van der Waals surface area contributed by atoms with Gasteiger partial charge < -0.3 is 0 Å². The summed E-state index contributed by atoms with van der Waals surface area (Å²) in [6.45, 7) is 0. The van der Waals surface area contributed by atoms with Crippen LogP contribution in [0, 0.1) is 0 Å². The predicted molar refractivity (Wildman–Crippen MR) is 147 cm³/mol. The Balaban J connectivity index is 1.52. The van der Waals surface area contributed by atoms with Crippen molar-refractivity contribution in [3.8, 4) is 39.1 Å². The maximum atomic E-state index is 8.62. The molecule has 2 nitrogen and oxygen atoms in total. The van der Waals surface area contributed by atoms with E-state index in [1.54, 1.807) is 23.9 Å². The van der Waals surface area contributed by atoms with Crippen LogP contribution in [-0.4, -0.2) is 9.55 Å². The van der Waals surface area contributed by atoms with Gasteiger partial charge in [0.2, 0.25) is 0 Å². The topological polar surface area (TPSA) is 17.8 Å². The highest BCUT2D eigenvalue weighted by molar-refractivity contribution is 7.98. The first kappa shape index (κ1) is 12.6. The van der Waals surface area contributed by atoms with Crippen LogP contribution in [0.5, 0.6) is 0 Å². The first-order valence-corrected chi connectivity index (χ1v) is 12.0. The summed E-state index contributed by atoms with van der Waals surface area (Å²) in [6.07, 6.45) is 0. The van der Waals surface area contributed by atoms with Crippen molar-refractivity contribution < 1.29 is 13.7 Å². The number of imidazole rings is 1. The van der Waals surface area contributed by atoms with Gasteiger partial charge in [0, 0.05) is 5.75 Å². The molecular weight excluding hydrogens is 444 g/mol. The standard InChI is InChI=1S/C32H22N2S/c1-3-9-22(10-4-1)26-17-27(23-11-5-2-6-12-23)19-28(18-26)24-15-16-25-21-35-32-33-29-13-7-8-14-30(29)34(32)31(25)20-24/h1-20H,21H2/i1D,2D,3D,4D,5D,6D,9D,10D,11D,12D. The zero-order valence-electron chi connectivity index (χ0n) is 28.3. The third kappa shape index (κ3) is 3.56. The summed E-state index contributed by atoms with van der Waals surface area (Å²) in [6, 6.07) is 14.1. The smallest absolute Gasteiger partial charge is 0.174 e. The fraction of sp³-hybridized carbons (Fsp3) is 0.0312. The molecule has 0 aliphatic carbocycles. The van der Waals surface area contributed by atoms with Crippen molar-refractivity contribution in [1.82, 2.24) is 9.55 Å². The van der Waals surface area contributed by atoms with Gasteiger partial charge in [-0.3, -0.25) is 4.57 Å². The van der Waals surface area contributed by atoms with Crippen molar-refractivity contribution in [3.63, 3.8) is 0 Å². The van der Waals surface area contributed by atoms with Crippen LogP contribution in [0.15, 0.2) is 126 Å². The molecule has 7 rings (SSSR count). The van der Waals surface area contributed by atoms with Crippen molar-refractivity contribution in [3.05, 3.63) is 127 Å². The van der Waals surface area contributed by atoms with Gasteiger partial charge in [-0.15, -0.1) is 0 Å². The summed E-state index contributed by atoms with van der Waals surface area (Å²) in [5.41, 5.74) is 5.56. The Morgan fingerprint density at radius 1 is 0.657 bits per heavy atom. The second-order valence-corrected chi connectivity index (χ2v) is 9.09. The van der Waals surface area contributed by atoms with E-state index in [1.807, 2.05) is 42.5 Å². The van der Waals surface area contributed by atoms with Crippen LogP contribution < -0.4 is 0 Å². The van der Waals surface area contributed by atoms with Crippen LogP contribution in [0.25, 0.3) is 50.1 Å². The fourth-order valence-electron chi connectivity index (χ4n) is 4.42. The van der Waals surface area contributed by atoms with Crippen LogP contribution in [0.1, 0.15) is 19.3 Å². The molecule has 0 radical (unpaired) electrons. The molecule has 6 aromatic rings. The molecular formula is C32H22N2S. The van der Waals surface area contributed by atoms with Crippen molar-refractivity contribution in [1.29, 1.82) is 0 Å². The van der Waals surface area contributed by atoms with Gasteiger partial charge in [0.25, 0.3) is 0 Å². The largest absolute Gasteiger partial charge is 0.287 e. The molecule has 0 saturated heterocycles. The average Bonchev–Trinajstić information content (AvgIpc) is 3.44. The Labute approximate surface area is 223 Å². The van der Waals surface area contributed by atoms with Gasteiger partial charge in [-0.25, -0.2) is 4.98 Å². The van der Waals surface area contributed by atoms with Crippen molar-refractivity contribution in [2.45, 2.75) is 10.9 Å². The summed E-state index contributed by atoms with van der Waals surface area (Å²) in [4.78, 5) is 4.79. The Bertz CT molecular complexity index is 2100. The molecule has 0 saturated carbocycles. The van der Waals surface area contributed by atoms with E-state index in [9.17, 15) is 0 Å². The van der Waals surface area contributed by atoms with Crippen LogP contribution in [0.2, 0.25) is 0 Å². The Morgan fingerprint density at radius 3 is 1.97 bits per heavy atom. The van der Waals surface area contributed by atoms with Gasteiger partial charge in [0.05, 0.1) is 30.4 Å². The molecule has 3 heteroatoms. The molecule has 0 unspecified atom stereocenters. The Morgan fingerprint density at radius 2 is 1.29 bits per heavy atom. The molecule has 0 spiro atoms. The molecule has 0 fully saturated rings. The lowest BCUT2D eigenvalue weighted by Crippen LogP contribution is -2.06. The number of para-hydroxylation sites is 2. The Kier molecular flexibility index (Phi) is 2.98. The summed E-state index contributed by atoms with van der Waals surface area (Å²) in [5.74, 6) is 0.717. The van der Waals surface area contributed by atoms with Gasteiger partial charge in [-0.1, -0.05) is 96.5 Å². The highest BCUT2D eigenvalue weighted by Crippen LogP contribution is 2.40. The summed E-state index contributed by atoms with van der Waals surface area (Å²) >= 11 is 1.64. The molecule has 0 amide bonds. The van der Waals surface area contributed by atoms with E-state index in [0.29, 0.717) is 5.56 Å². The molecule has 35 heavy (non-hydrogen) atoms. The number of nitrogens with zero attached hydrogens (tertiary/aromatic N) is 2. The fourth-order valence-corrected chi connectivity index (χ4v) is 5.44. The molecule has 1 aromatic heterocycles. The summed E-state index contributed by atoms with van der Waals surface area (Å²) in [7, 11) is 0. The Hall–Kier alpha value is -4.08. The lowest BCUT2D eigenvalue weighted by Gasteiger charge is -2.20. The SMILES string of the molecule is [2H]c1c([2H])c([2H])c(-c2cc(-c3ccc4c(c3)-n3c(nc5ccccc53)SC4)cc(-c3c([2H])c([2H])c([2H])c([2H])c3[2H])c2)c([2H])c1[2H]. The maximum Gasteiger partial charge on any atom is 0.174 e. The minimum absolute atomic E-state index is 0.0475. The average molecular weight is 477 g/mol. The van der Waals surface area contributed by atoms with Crippen LogP contribution in [-0.2, 0) is 5.75 Å². The van der Waals surface area contributed by atoms with Gasteiger partial charge in [-0.05, 0) is 75.3 Å². The molecule has 2 heterocycles. The van der Waals surface area contributed by atoms with Crippen molar-refractivity contribution >= 4 is 22.8 Å². The van der Waals surface area contributed by atoms with Gasteiger partial charge >= 0.3 is 0 Å². The molecule has 1 aliphatic rings. The normalized spacial score (nSPS) is 16.3. The minimum atomic E-state index is -0.522. The second-order valence-electron chi connectivity index (χ2n) is 8.15. The van der Waals surface area contributed by atoms with E-state index in [-0.39, 0.29) is 22.3 Å². The molecule has 5 aromatic carbocycles. The molecule has 166 valence electrons. The number of hydrogen-bond donors (Lipinski definition) is 0. The number of benzene rings is 5. The van der Waals surface area contributed by atoms with Gasteiger partial charge in [0.1, 0.15) is 0 Å². The van der Waals surface area contributed by atoms with E-state index >= 15 is 0 Å². The van der Waals surface area contributed by atoms with Gasteiger partial charge in [-0.2, -0.15) is 0 Å². The lowest BCUT2D eigenvalue weighted by atomic mass is 9.93. The zero-order valence-corrected chi connectivity index (χ0v) is 19.1. The monoisotopic (exact) mass is 476 g/mol. The van der Waals surface area contributed by atoms with E-state index in [2.05, 4.69) is 4.57 Å². The van der Waals surface area contributed by atoms with Crippen molar-refractivity contribution in [2.75, 3.05) is 0 Å². The van der Waals surface area contributed by atoms with Crippen LogP contribution in [0.4, 0.5) is 0 Å². The second kappa shape index (κ2) is 8.30. The van der Waals surface area contributed by atoms with Crippen molar-refractivity contribution in [2.24, 2.45) is 0 Å². The number of thioether (sulfide) groups is 1. The van der Waals surface area contributed by atoms with Crippen LogP contribution in [0.3, 0.4) is 0 Å². The van der Waals surface area contributed by atoms with E-state index in [0.717, 1.165) is 38.8 Å². The molecule has 0 N–H and O–H groups in total. The summed E-state index contributed by atoms with van der Waals surface area (Å²) < 4.78 is 85.7. The highest BCUT2D eigenvalue weighted by atomic mass is 32.2. The minimum Gasteiger partial charge on any atom is -0.287 e. The molecule has 1 aliphatic heterocycles. The lowest BCUT2D eigenvalue weighted by molar-refractivity contribution is 0.895. The van der Waals surface area contributed by atoms with Gasteiger partial charge in [0.15, 0.2) is 5.16 Å². The first-order valence-electron chi connectivity index (χ1n) is 16.0. The van der Waals surface area contributed by atoms with E-state index in [1.165, 1.54) is 6.07 Å². The third-order valence-corrected chi connectivity index (χ3v) is 7.04. The zero-order chi connectivity index (χ0) is 31.9. The maximum absolute atomic E-state index is 8.62. The third-order valence-electron chi connectivity index (χ3n) is 6.06. The molecule has 0 bridgehead atoms. The van der Waals surface area contributed by atoms with Crippen LogP contribution >= 0.6 is 11.8 Å². The number of rotatable bonds is 3. The first-order chi connectivity index (χ1) is 21.5. The number of hydrogen-bond acceptors (Lipinski definition) is 2. The summed E-state index contributed by atoms with van der Waals surface area (Å²) in [5, 5.41) is 0.855. The quantitative estimate of drug-likeness (QED) is 0.254.